The fourth-order valence-corrected chi connectivity index (χ4v) is 8.92. The molecule has 2 atom stereocenters. The Balaban J connectivity index is 4.24. The molecule has 0 aromatic carbocycles. The Hall–Kier alpha value is -5.41. The van der Waals surface area contributed by atoms with E-state index in [1.54, 1.807) is 0 Å². The topological polar surface area (TPSA) is 111 Å². The van der Waals surface area contributed by atoms with E-state index in [0.29, 0.717) is 23.9 Å². The van der Waals surface area contributed by atoms with Gasteiger partial charge < -0.3 is 27.9 Å². The molecule has 0 aromatic heterocycles. The highest BCUT2D eigenvalue weighted by molar-refractivity contribution is 7.45. The monoisotopic (exact) mass is 1230 g/mol. The lowest BCUT2D eigenvalue weighted by Crippen LogP contribution is -2.37. The summed E-state index contributed by atoms with van der Waals surface area (Å²) in [5, 5.41) is 0. The zero-order chi connectivity index (χ0) is 64.1. The minimum Gasteiger partial charge on any atom is -0.756 e. The van der Waals surface area contributed by atoms with Gasteiger partial charge in [-0.1, -0.05) is 265 Å². The maximum Gasteiger partial charge on any atom is 0.306 e. The molecule has 10 heteroatoms. The largest absolute Gasteiger partial charge is 0.756 e. The van der Waals surface area contributed by atoms with E-state index in [9.17, 15) is 19.0 Å². The minimum absolute atomic E-state index is 0.0500. The van der Waals surface area contributed by atoms with Gasteiger partial charge in [-0.3, -0.25) is 14.2 Å². The molecule has 0 aliphatic heterocycles. The van der Waals surface area contributed by atoms with E-state index in [4.69, 9.17) is 18.5 Å². The van der Waals surface area contributed by atoms with Gasteiger partial charge in [0.05, 0.1) is 27.7 Å². The smallest absolute Gasteiger partial charge is 0.306 e. The van der Waals surface area contributed by atoms with Crippen LogP contribution in [0.15, 0.2) is 207 Å². The van der Waals surface area contributed by atoms with Crippen LogP contribution in [0, 0.1) is 0 Å². The van der Waals surface area contributed by atoms with E-state index < -0.39 is 32.5 Å². The number of phosphoric acid groups is 1. The summed E-state index contributed by atoms with van der Waals surface area (Å²) in [6.45, 7) is 3.94. The van der Waals surface area contributed by atoms with Crippen molar-refractivity contribution in [3.8, 4) is 0 Å². The normalized spacial score (nSPS) is 14.5. The standard InChI is InChI=1S/C78H122NO8P/c1-6-8-10-12-14-16-18-20-22-24-26-28-30-32-33-34-35-36-37-38-39-40-41-42-43-44-45-47-49-51-53-55-57-59-61-63-65-67-69-71-78(81)87-76(75-86-88(82,83)85-73-72-79(3,4)5)74-84-77(80)70-68-66-64-62-60-58-56-54-52-50-48-46-31-29-27-25-23-21-19-17-15-13-11-9-7-2/h8-11,14-17,20-23,26-29,32-33,35-36,38-39,41-42,44-46,48-49,51-52,54-55,57,76H,6-7,12-13,18-19,24-25,30-31,34,37,40,43,47,50,53,56,58-75H2,1-5H3/b10-8-,11-9-,16-14-,17-15-,22-20-,23-21-,28-26-,29-27-,33-32-,36-35-,39-38-,42-41-,45-44-,48-46-,51-49-,54-52-,57-55-. The summed E-state index contributed by atoms with van der Waals surface area (Å²) in [6.07, 6.45) is 105. The molecule has 492 valence electrons. The van der Waals surface area contributed by atoms with E-state index in [0.717, 1.165) is 180 Å². The summed E-state index contributed by atoms with van der Waals surface area (Å²) < 4.78 is 34.2. The van der Waals surface area contributed by atoms with Crippen molar-refractivity contribution in [2.24, 2.45) is 0 Å². The molecule has 0 N–H and O–H groups in total. The fraction of sp³-hybridized carbons (Fsp3) is 0.538. The molecule has 9 nitrogen and oxygen atoms in total. The zero-order valence-electron chi connectivity index (χ0n) is 55.8. The molecule has 88 heavy (non-hydrogen) atoms. The third-order valence-corrected chi connectivity index (χ3v) is 14.3. The Labute approximate surface area is 538 Å². The number of nitrogens with zero attached hydrogens (tertiary/aromatic N) is 1. The fourth-order valence-electron chi connectivity index (χ4n) is 8.19. The van der Waals surface area contributed by atoms with Crippen molar-refractivity contribution >= 4 is 19.8 Å². The van der Waals surface area contributed by atoms with Crippen LogP contribution < -0.4 is 4.89 Å². The molecule has 0 rings (SSSR count). The maximum atomic E-state index is 12.9. The van der Waals surface area contributed by atoms with Crippen LogP contribution in [0.1, 0.15) is 219 Å². The van der Waals surface area contributed by atoms with E-state index in [1.165, 1.54) is 0 Å². The van der Waals surface area contributed by atoms with Gasteiger partial charge >= 0.3 is 11.9 Å². The second-order valence-electron chi connectivity index (χ2n) is 22.7. The summed E-state index contributed by atoms with van der Waals surface area (Å²) in [5.41, 5.74) is 0. The molecular formula is C78H122NO8P. The van der Waals surface area contributed by atoms with Crippen molar-refractivity contribution in [3.05, 3.63) is 207 Å². The molecule has 0 saturated carbocycles. The van der Waals surface area contributed by atoms with Crippen molar-refractivity contribution in [3.63, 3.8) is 0 Å². The van der Waals surface area contributed by atoms with Crippen molar-refractivity contribution in [1.82, 2.24) is 0 Å². The average Bonchev–Trinajstić information content (AvgIpc) is 3.68. The Bertz CT molecular complexity index is 2240. The number of allylic oxidation sites excluding steroid dienone is 34. The number of unbranched alkanes of at least 4 members (excludes halogenated alkanes) is 11. The summed E-state index contributed by atoms with van der Waals surface area (Å²) in [4.78, 5) is 38.0. The number of hydrogen-bond donors (Lipinski definition) is 0. The second kappa shape index (κ2) is 66.0. The molecule has 0 spiro atoms. The molecule has 0 aliphatic rings. The lowest BCUT2D eigenvalue weighted by molar-refractivity contribution is -0.870. The van der Waals surface area contributed by atoms with Crippen molar-refractivity contribution in [1.29, 1.82) is 0 Å². The molecular weight excluding hydrogens is 1110 g/mol. The first-order valence-corrected chi connectivity index (χ1v) is 35.3. The maximum absolute atomic E-state index is 12.9. The molecule has 2 unspecified atom stereocenters. The predicted molar refractivity (Wildman–Crippen MR) is 378 cm³/mol. The van der Waals surface area contributed by atoms with E-state index >= 15 is 0 Å². The Morgan fingerprint density at radius 1 is 0.352 bits per heavy atom. The number of likely N-dealkylation sites (N-methyl/N-ethyl adjacent to an activating group) is 1. The summed E-state index contributed by atoms with van der Waals surface area (Å²) in [5.74, 6) is -0.890. The van der Waals surface area contributed by atoms with Crippen LogP contribution in [-0.2, 0) is 32.7 Å². The number of phosphoric ester groups is 1. The van der Waals surface area contributed by atoms with Crippen LogP contribution in [0.25, 0.3) is 0 Å². The highest BCUT2D eigenvalue weighted by Crippen LogP contribution is 2.38. The summed E-state index contributed by atoms with van der Waals surface area (Å²) in [6, 6.07) is 0. The van der Waals surface area contributed by atoms with Crippen LogP contribution in [0.3, 0.4) is 0 Å². The SMILES string of the molecule is CC/C=C\C/C=C\C/C=C\C/C=C\C/C=C\C/C=C\C/C=C\C/C=C\C/C=C\C/C=C\C/C=C\CCCCCCCC(=O)OC(COC(=O)CCCCCCCC/C=C\C/C=C\C/C=C\C/C=C\C/C=C\C/C=C\CC)COP(=O)([O-])OCC[N+](C)(C)C. The molecule has 0 bridgehead atoms. The van der Waals surface area contributed by atoms with Gasteiger partial charge in [-0.2, -0.15) is 0 Å². The number of rotatable bonds is 59. The van der Waals surface area contributed by atoms with Crippen LogP contribution in [0.5, 0.6) is 0 Å². The molecule has 0 heterocycles. The van der Waals surface area contributed by atoms with Gasteiger partial charge in [0, 0.05) is 12.8 Å². The second-order valence-corrected chi connectivity index (χ2v) is 24.1. The number of esters is 2. The van der Waals surface area contributed by atoms with Crippen molar-refractivity contribution in [2.75, 3.05) is 47.5 Å². The highest BCUT2D eigenvalue weighted by Gasteiger charge is 2.22. The van der Waals surface area contributed by atoms with Crippen molar-refractivity contribution < 1.29 is 42.1 Å². The van der Waals surface area contributed by atoms with Crippen molar-refractivity contribution in [2.45, 2.75) is 225 Å². The van der Waals surface area contributed by atoms with E-state index in [2.05, 4.69) is 220 Å². The minimum atomic E-state index is -4.67. The Morgan fingerprint density at radius 2 is 0.614 bits per heavy atom. The number of carbonyl (C=O) groups is 2. The zero-order valence-corrected chi connectivity index (χ0v) is 56.7. The summed E-state index contributed by atoms with van der Waals surface area (Å²) in [7, 11) is 1.11. The van der Waals surface area contributed by atoms with Gasteiger partial charge in [0.15, 0.2) is 6.10 Å². The van der Waals surface area contributed by atoms with E-state index in [-0.39, 0.29) is 26.1 Å². The number of quaternary nitrogens is 1. The van der Waals surface area contributed by atoms with Crippen LogP contribution >= 0.6 is 7.82 Å². The first-order chi connectivity index (χ1) is 43.0. The quantitative estimate of drug-likeness (QED) is 0.0195. The lowest BCUT2D eigenvalue weighted by atomic mass is 10.1. The van der Waals surface area contributed by atoms with Crippen LogP contribution in [0.2, 0.25) is 0 Å². The number of hydrogen-bond acceptors (Lipinski definition) is 8. The Morgan fingerprint density at radius 3 is 0.909 bits per heavy atom. The van der Waals surface area contributed by atoms with Gasteiger partial charge in [-0.15, -0.1) is 0 Å². The third kappa shape index (κ3) is 69.7. The molecule has 0 aliphatic carbocycles. The van der Waals surface area contributed by atoms with E-state index in [1.807, 2.05) is 21.1 Å². The van der Waals surface area contributed by atoms with Gasteiger partial charge in [0.25, 0.3) is 7.82 Å². The molecule has 0 fully saturated rings. The van der Waals surface area contributed by atoms with Gasteiger partial charge in [-0.25, -0.2) is 0 Å². The van der Waals surface area contributed by atoms with Gasteiger partial charge in [-0.05, 0) is 148 Å². The first-order valence-electron chi connectivity index (χ1n) is 33.8. The molecule has 0 aromatic rings. The third-order valence-electron chi connectivity index (χ3n) is 13.3. The average molecular weight is 1230 g/mol. The lowest BCUT2D eigenvalue weighted by Gasteiger charge is -2.28. The Kier molecular flexibility index (Phi) is 62.0. The highest BCUT2D eigenvalue weighted by atomic mass is 31.2. The van der Waals surface area contributed by atoms with Crippen LogP contribution in [0.4, 0.5) is 0 Å². The molecule has 0 radical (unpaired) electrons. The molecule has 0 amide bonds. The van der Waals surface area contributed by atoms with Gasteiger partial charge in [0.1, 0.15) is 19.8 Å². The predicted octanol–water partition coefficient (Wildman–Crippen LogP) is 21.6. The number of carbonyl (C=O) groups excluding carboxylic acids is 2. The first kappa shape index (κ1) is 82.6. The van der Waals surface area contributed by atoms with Gasteiger partial charge in [0.2, 0.25) is 0 Å². The summed E-state index contributed by atoms with van der Waals surface area (Å²) >= 11 is 0. The van der Waals surface area contributed by atoms with Crippen LogP contribution in [-0.4, -0.2) is 70.0 Å². The number of ether oxygens (including phenoxy) is 2. The molecule has 0 saturated heterocycles.